The van der Waals surface area contributed by atoms with Crippen molar-refractivity contribution >= 4 is 16.7 Å². The summed E-state index contributed by atoms with van der Waals surface area (Å²) in [5, 5.41) is 11.2. The van der Waals surface area contributed by atoms with Gasteiger partial charge in [-0.1, -0.05) is 6.42 Å². The van der Waals surface area contributed by atoms with E-state index in [4.69, 9.17) is 0 Å². The van der Waals surface area contributed by atoms with Crippen molar-refractivity contribution in [1.82, 2.24) is 9.97 Å². The van der Waals surface area contributed by atoms with Crippen LogP contribution in [0.15, 0.2) is 12.4 Å². The summed E-state index contributed by atoms with van der Waals surface area (Å²) in [6.07, 6.45) is 7.62. The van der Waals surface area contributed by atoms with Gasteiger partial charge in [0.1, 0.15) is 0 Å². The Morgan fingerprint density at radius 1 is 1.25 bits per heavy atom. The molecule has 0 aromatic carbocycles. The van der Waals surface area contributed by atoms with Gasteiger partial charge in [-0.05, 0) is 25.7 Å². The number of fused-ring (bicyclic) bond motifs is 2. The van der Waals surface area contributed by atoms with E-state index in [9.17, 15) is 9.32 Å². The minimum Gasteiger partial charge on any atom is -0.385 e. The van der Waals surface area contributed by atoms with Crippen LogP contribution in [0.4, 0.5) is 5.95 Å². The van der Waals surface area contributed by atoms with Gasteiger partial charge in [0.2, 0.25) is 5.95 Å². The Morgan fingerprint density at radius 2 is 1.80 bits per heavy atom. The molecule has 0 radical (unpaired) electrons. The van der Waals surface area contributed by atoms with E-state index < -0.39 is 16.4 Å². The second-order valence-corrected chi connectivity index (χ2v) is 8.10. The third kappa shape index (κ3) is 2.35. The van der Waals surface area contributed by atoms with E-state index in [2.05, 4.69) is 9.97 Å². The molecular formula is C14H21N3O2S. The van der Waals surface area contributed by atoms with Gasteiger partial charge in [0.05, 0.1) is 5.60 Å². The first kappa shape index (κ1) is 13.9. The van der Waals surface area contributed by atoms with Crippen molar-refractivity contribution in [2.24, 2.45) is 0 Å². The van der Waals surface area contributed by atoms with Gasteiger partial charge < -0.3 is 10.0 Å². The fraction of sp³-hybridized carbons (Fsp3) is 0.714. The summed E-state index contributed by atoms with van der Waals surface area (Å²) in [5.74, 6) is 0.636. The van der Waals surface area contributed by atoms with Crippen molar-refractivity contribution in [3.8, 4) is 0 Å². The van der Waals surface area contributed by atoms with Gasteiger partial charge in [-0.2, -0.15) is 0 Å². The molecule has 1 aromatic rings. The highest BCUT2D eigenvalue weighted by Gasteiger charge is 2.46. The number of aliphatic hydroxyl groups is 1. The van der Waals surface area contributed by atoms with E-state index in [0.29, 0.717) is 18.8 Å². The highest BCUT2D eigenvalue weighted by Crippen LogP contribution is 2.44. The van der Waals surface area contributed by atoms with Crippen LogP contribution in [0.2, 0.25) is 0 Å². The number of hydrogen-bond donors (Lipinski definition) is 1. The van der Waals surface area contributed by atoms with Gasteiger partial charge in [0.25, 0.3) is 0 Å². The third-order valence-corrected chi connectivity index (χ3v) is 6.53. The molecule has 0 saturated carbocycles. The predicted molar refractivity (Wildman–Crippen MR) is 79.1 cm³/mol. The molecule has 2 unspecified atom stereocenters. The van der Waals surface area contributed by atoms with Crippen LogP contribution >= 0.6 is 0 Å². The smallest absolute Gasteiger partial charge is 0.224 e. The van der Waals surface area contributed by atoms with Crippen LogP contribution in [0.1, 0.15) is 37.7 Å². The van der Waals surface area contributed by atoms with Gasteiger partial charge in [0, 0.05) is 53.4 Å². The number of nitrogens with zero attached hydrogens (tertiary/aromatic N) is 3. The molecule has 5 nitrogen and oxygen atoms in total. The van der Waals surface area contributed by atoms with Crippen molar-refractivity contribution in [3.63, 3.8) is 0 Å². The summed E-state index contributed by atoms with van der Waals surface area (Å²) >= 11 is 0. The van der Waals surface area contributed by atoms with Crippen molar-refractivity contribution < 1.29 is 9.32 Å². The zero-order chi connectivity index (χ0) is 14.3. The Hall–Kier alpha value is -1.01. The van der Waals surface area contributed by atoms with Gasteiger partial charge in [-0.25, -0.2) is 9.97 Å². The molecule has 6 heteroatoms. The molecule has 0 spiro atoms. The lowest BCUT2D eigenvalue weighted by molar-refractivity contribution is 0.00593. The molecule has 2 saturated heterocycles. The number of rotatable bonds is 2. The summed E-state index contributed by atoms with van der Waals surface area (Å²) < 4.78 is 12.2. The Morgan fingerprint density at radius 3 is 2.30 bits per heavy atom. The van der Waals surface area contributed by atoms with Gasteiger partial charge in [-0.15, -0.1) is 0 Å². The fourth-order valence-corrected chi connectivity index (χ4v) is 5.53. The van der Waals surface area contributed by atoms with Gasteiger partial charge in [-0.3, -0.25) is 4.21 Å². The van der Waals surface area contributed by atoms with Crippen molar-refractivity contribution in [2.45, 2.75) is 48.2 Å². The Bertz CT molecular complexity index is 502. The van der Waals surface area contributed by atoms with Crippen LogP contribution in [0.25, 0.3) is 0 Å². The number of anilines is 1. The molecule has 3 rings (SSSR count). The molecule has 20 heavy (non-hydrogen) atoms. The molecule has 1 aromatic heterocycles. The quantitative estimate of drug-likeness (QED) is 0.888. The summed E-state index contributed by atoms with van der Waals surface area (Å²) in [6, 6.07) is 0. The zero-order valence-corrected chi connectivity index (χ0v) is 12.8. The predicted octanol–water partition coefficient (Wildman–Crippen LogP) is 1.19. The van der Waals surface area contributed by atoms with Crippen molar-refractivity contribution in [2.75, 3.05) is 19.0 Å². The average Bonchev–Trinajstić information content (AvgIpc) is 2.41. The van der Waals surface area contributed by atoms with E-state index >= 15 is 0 Å². The van der Waals surface area contributed by atoms with E-state index in [1.165, 1.54) is 0 Å². The molecule has 110 valence electrons. The monoisotopic (exact) mass is 295 g/mol. The van der Waals surface area contributed by atoms with Crippen LogP contribution in [0, 0.1) is 0 Å². The first-order valence-electron chi connectivity index (χ1n) is 7.11. The third-order valence-electron chi connectivity index (χ3n) is 4.42. The fourth-order valence-electron chi connectivity index (χ4n) is 3.31. The molecule has 0 aliphatic carbocycles. The zero-order valence-electron chi connectivity index (χ0n) is 12.0. The molecule has 2 atom stereocenters. The van der Waals surface area contributed by atoms with E-state index in [0.717, 1.165) is 24.8 Å². The largest absolute Gasteiger partial charge is 0.385 e. The lowest BCUT2D eigenvalue weighted by Gasteiger charge is -2.43. The van der Waals surface area contributed by atoms with E-state index in [1.54, 1.807) is 12.4 Å². The first-order chi connectivity index (χ1) is 9.49. The topological polar surface area (TPSA) is 66.3 Å². The normalized spacial score (nSPS) is 36.6. The van der Waals surface area contributed by atoms with Gasteiger partial charge >= 0.3 is 0 Å². The molecule has 2 aliphatic heterocycles. The molecular weight excluding hydrogens is 274 g/mol. The Balaban J connectivity index is 1.87. The molecule has 0 amide bonds. The maximum absolute atomic E-state index is 12.2. The average molecular weight is 295 g/mol. The first-order valence-corrected chi connectivity index (χ1v) is 8.39. The van der Waals surface area contributed by atoms with Crippen LogP contribution in [0.5, 0.6) is 0 Å². The molecule has 2 bridgehead atoms. The number of aromatic nitrogens is 2. The summed E-state index contributed by atoms with van der Waals surface area (Å²) in [5.41, 5.74) is -0.147. The summed E-state index contributed by atoms with van der Waals surface area (Å²) in [7, 11) is 3.00. The highest BCUT2D eigenvalue weighted by atomic mass is 32.2. The standard InChI is InChI=1S/C14H21N3O2S/c1-17(2)13-15-8-10(9-16-13)14(18)6-11-4-3-5-12(7-14)20(11)19/h8-9,11-12,18H,3-7H2,1-2H3. The minimum absolute atomic E-state index is 0.126. The Labute approximate surface area is 121 Å². The van der Waals surface area contributed by atoms with E-state index in [1.807, 2.05) is 19.0 Å². The van der Waals surface area contributed by atoms with Gasteiger partial charge in [0.15, 0.2) is 0 Å². The lowest BCUT2D eigenvalue weighted by Crippen LogP contribution is -2.47. The van der Waals surface area contributed by atoms with Crippen LogP contribution in [-0.4, -0.2) is 43.9 Å². The maximum atomic E-state index is 12.2. The second kappa shape index (κ2) is 5.07. The van der Waals surface area contributed by atoms with Crippen molar-refractivity contribution in [1.29, 1.82) is 0 Å². The molecule has 1 N–H and O–H groups in total. The van der Waals surface area contributed by atoms with E-state index in [-0.39, 0.29) is 10.5 Å². The molecule has 3 heterocycles. The SMILES string of the molecule is CN(C)c1ncc(C2(O)CC3CCCC(C2)S3=O)cn1. The molecule has 2 fully saturated rings. The van der Waals surface area contributed by atoms with Crippen LogP contribution < -0.4 is 4.90 Å². The summed E-state index contributed by atoms with van der Waals surface area (Å²) in [4.78, 5) is 10.4. The van der Waals surface area contributed by atoms with Crippen molar-refractivity contribution in [3.05, 3.63) is 18.0 Å². The minimum atomic E-state index is -0.908. The Kier molecular flexibility index (Phi) is 3.54. The lowest BCUT2D eigenvalue weighted by atomic mass is 9.81. The highest BCUT2D eigenvalue weighted by molar-refractivity contribution is 7.86. The number of hydrogen-bond acceptors (Lipinski definition) is 5. The maximum Gasteiger partial charge on any atom is 0.224 e. The van der Waals surface area contributed by atoms with Crippen LogP contribution in [-0.2, 0) is 16.4 Å². The second-order valence-electron chi connectivity index (χ2n) is 6.11. The summed E-state index contributed by atoms with van der Waals surface area (Å²) in [6.45, 7) is 0. The van der Waals surface area contributed by atoms with Crippen LogP contribution in [0.3, 0.4) is 0 Å². The molecule has 2 aliphatic rings.